The summed E-state index contributed by atoms with van der Waals surface area (Å²) in [6, 6.07) is 24.7. The van der Waals surface area contributed by atoms with E-state index in [0.29, 0.717) is 6.54 Å². The highest BCUT2D eigenvalue weighted by Gasteiger charge is 2.51. The van der Waals surface area contributed by atoms with Crippen LogP contribution >= 0.6 is 11.8 Å². The summed E-state index contributed by atoms with van der Waals surface area (Å²) in [6.45, 7) is 2.66. The number of ether oxygens (including phenoxy) is 2. The molecule has 2 heterocycles. The SMILES string of the molecule is CC1C(CSc2nccn2C)OC(c2ccc(-c3ccccc3CNC(=O)NC34CC5CC(CC(C5)C3)C4)cc2)OC1c1ccc(CO)cc1. The van der Waals surface area contributed by atoms with Crippen LogP contribution in [-0.4, -0.2) is 38.1 Å². The highest BCUT2D eigenvalue weighted by atomic mass is 32.2. The Balaban J connectivity index is 0.964. The van der Waals surface area contributed by atoms with Crippen molar-refractivity contribution in [1.29, 1.82) is 0 Å². The first-order valence-corrected chi connectivity index (χ1v) is 19.2. The number of urea groups is 1. The standard InChI is InChI=1S/C41H48N4O4S/c1-26-36(25-50-40-42-15-16-45(40)2)48-38(49-37(26)32-9-7-27(24-46)8-10-32)33-13-11-31(12-14-33)35-6-4-3-5-34(35)23-43-39(47)44-41-20-28-17-29(21-41)19-30(18-28)22-41/h3-16,26,28-30,36-38,46H,17-25H2,1-2H3,(H2,43,44,47). The van der Waals surface area contributed by atoms with E-state index in [0.717, 1.165) is 81.3 Å². The summed E-state index contributed by atoms with van der Waals surface area (Å²) in [5.74, 6) is 3.21. The molecule has 4 saturated carbocycles. The normalized spacial score (nSPS) is 29.9. The van der Waals surface area contributed by atoms with E-state index >= 15 is 0 Å². The number of hydrogen-bond donors (Lipinski definition) is 3. The van der Waals surface area contributed by atoms with E-state index in [1.807, 2.05) is 48.3 Å². The third-order valence-electron chi connectivity index (χ3n) is 11.6. The Bertz CT molecular complexity index is 1760. The van der Waals surface area contributed by atoms with Crippen molar-refractivity contribution in [1.82, 2.24) is 20.2 Å². The van der Waals surface area contributed by atoms with Gasteiger partial charge in [-0.1, -0.05) is 91.5 Å². The molecule has 0 spiro atoms. The van der Waals surface area contributed by atoms with Crippen LogP contribution in [0.2, 0.25) is 0 Å². The number of carbonyl (C=O) groups excluding carboxylic acids is 1. The highest BCUT2D eigenvalue weighted by molar-refractivity contribution is 7.99. The van der Waals surface area contributed by atoms with Crippen molar-refractivity contribution in [2.45, 2.75) is 87.8 Å². The van der Waals surface area contributed by atoms with Crippen molar-refractivity contribution in [3.63, 3.8) is 0 Å². The Morgan fingerprint density at radius 2 is 1.62 bits per heavy atom. The van der Waals surface area contributed by atoms with Gasteiger partial charge < -0.3 is 29.8 Å². The van der Waals surface area contributed by atoms with Gasteiger partial charge in [0.15, 0.2) is 11.4 Å². The molecule has 5 fully saturated rings. The fourth-order valence-corrected chi connectivity index (χ4v) is 10.6. The summed E-state index contributed by atoms with van der Waals surface area (Å²) in [7, 11) is 2.01. The third-order valence-corrected chi connectivity index (χ3v) is 12.8. The van der Waals surface area contributed by atoms with Gasteiger partial charge >= 0.3 is 6.03 Å². The molecule has 9 heteroatoms. The van der Waals surface area contributed by atoms with Crippen molar-refractivity contribution in [3.8, 4) is 11.1 Å². The Kier molecular flexibility index (Phi) is 9.50. The lowest BCUT2D eigenvalue weighted by Crippen LogP contribution is -2.61. The zero-order valence-electron chi connectivity index (χ0n) is 29.0. The molecule has 9 rings (SSSR count). The summed E-state index contributed by atoms with van der Waals surface area (Å²) in [5.41, 5.74) is 6.15. The topological polar surface area (TPSA) is 97.6 Å². The lowest BCUT2D eigenvalue weighted by atomic mass is 9.53. The molecule has 4 atom stereocenters. The van der Waals surface area contributed by atoms with Crippen LogP contribution in [0, 0.1) is 23.7 Å². The number of rotatable bonds is 10. The Labute approximate surface area is 299 Å². The van der Waals surface area contributed by atoms with Gasteiger partial charge in [0.2, 0.25) is 0 Å². The fraction of sp³-hybridized carbons (Fsp3) is 0.463. The average molecular weight is 693 g/mol. The average Bonchev–Trinajstić information content (AvgIpc) is 3.54. The number of aliphatic hydroxyl groups is 1. The van der Waals surface area contributed by atoms with Crippen LogP contribution in [0.3, 0.4) is 0 Å². The lowest BCUT2D eigenvalue weighted by molar-refractivity contribution is -0.268. The molecule has 4 aromatic rings. The number of benzene rings is 3. The highest BCUT2D eigenvalue weighted by Crippen LogP contribution is 2.55. The molecule has 3 aromatic carbocycles. The van der Waals surface area contributed by atoms with Crippen LogP contribution in [0.4, 0.5) is 4.79 Å². The molecule has 8 nitrogen and oxygen atoms in total. The van der Waals surface area contributed by atoms with E-state index < -0.39 is 6.29 Å². The number of nitrogens with one attached hydrogen (secondary N) is 2. The van der Waals surface area contributed by atoms with Gasteiger partial charge in [0, 0.05) is 48.8 Å². The van der Waals surface area contributed by atoms with E-state index in [1.165, 1.54) is 19.3 Å². The second-order valence-electron chi connectivity index (χ2n) is 15.2. The van der Waals surface area contributed by atoms with E-state index in [4.69, 9.17) is 9.47 Å². The quantitative estimate of drug-likeness (QED) is 0.146. The monoisotopic (exact) mass is 692 g/mol. The molecule has 4 aliphatic carbocycles. The molecule has 2 amide bonds. The Morgan fingerprint density at radius 1 is 0.940 bits per heavy atom. The molecule has 50 heavy (non-hydrogen) atoms. The van der Waals surface area contributed by atoms with E-state index in [9.17, 15) is 9.90 Å². The van der Waals surface area contributed by atoms with Gasteiger partial charge in [0.05, 0.1) is 18.8 Å². The van der Waals surface area contributed by atoms with Gasteiger partial charge in [-0.15, -0.1) is 0 Å². The fourth-order valence-electron chi connectivity index (χ4n) is 9.46. The smallest absolute Gasteiger partial charge is 0.315 e. The van der Waals surface area contributed by atoms with Crippen LogP contribution in [0.25, 0.3) is 11.1 Å². The van der Waals surface area contributed by atoms with E-state index in [1.54, 1.807) is 11.8 Å². The Morgan fingerprint density at radius 3 is 2.28 bits per heavy atom. The predicted octanol–water partition coefficient (Wildman–Crippen LogP) is 7.93. The number of aliphatic hydroxyl groups excluding tert-OH is 1. The maximum Gasteiger partial charge on any atom is 0.315 e. The first kappa shape index (κ1) is 33.5. The summed E-state index contributed by atoms with van der Waals surface area (Å²) in [6.07, 6.45) is 10.5. The van der Waals surface area contributed by atoms with Gasteiger partial charge in [0.1, 0.15) is 0 Å². The molecule has 1 saturated heterocycles. The van der Waals surface area contributed by atoms with Crippen LogP contribution in [0.15, 0.2) is 90.3 Å². The minimum atomic E-state index is -0.542. The first-order chi connectivity index (χ1) is 24.3. The van der Waals surface area contributed by atoms with Crippen molar-refractivity contribution >= 4 is 17.8 Å². The number of carbonyl (C=O) groups is 1. The number of imidazole rings is 1. The largest absolute Gasteiger partial charge is 0.392 e. The number of nitrogens with zero attached hydrogens (tertiary/aromatic N) is 2. The third kappa shape index (κ3) is 6.98. The summed E-state index contributed by atoms with van der Waals surface area (Å²) >= 11 is 1.69. The molecule has 4 unspecified atom stereocenters. The second-order valence-corrected chi connectivity index (χ2v) is 16.2. The van der Waals surface area contributed by atoms with Crippen molar-refractivity contribution < 1.29 is 19.4 Å². The molecule has 1 aliphatic heterocycles. The molecule has 1 aromatic heterocycles. The minimum Gasteiger partial charge on any atom is -0.392 e. The van der Waals surface area contributed by atoms with Gasteiger partial charge in [-0.25, -0.2) is 9.78 Å². The van der Waals surface area contributed by atoms with Crippen molar-refractivity contribution in [3.05, 3.63) is 107 Å². The van der Waals surface area contributed by atoms with Gasteiger partial charge in [-0.2, -0.15) is 0 Å². The van der Waals surface area contributed by atoms with Crippen LogP contribution < -0.4 is 10.6 Å². The zero-order chi connectivity index (χ0) is 34.2. The van der Waals surface area contributed by atoms with Gasteiger partial charge in [-0.3, -0.25) is 0 Å². The summed E-state index contributed by atoms with van der Waals surface area (Å²) < 4.78 is 15.4. The van der Waals surface area contributed by atoms with E-state index in [-0.39, 0.29) is 36.3 Å². The molecule has 5 aliphatic rings. The molecule has 4 bridgehead atoms. The van der Waals surface area contributed by atoms with Crippen LogP contribution in [0.5, 0.6) is 0 Å². The second kappa shape index (κ2) is 14.2. The molecular weight excluding hydrogens is 645 g/mol. The Hall–Kier alpha value is -3.63. The maximum atomic E-state index is 13.2. The van der Waals surface area contributed by atoms with Crippen molar-refractivity contribution in [2.24, 2.45) is 30.7 Å². The summed E-state index contributed by atoms with van der Waals surface area (Å²) in [4.78, 5) is 17.7. The zero-order valence-corrected chi connectivity index (χ0v) is 29.8. The molecule has 262 valence electrons. The van der Waals surface area contributed by atoms with Gasteiger partial charge in [0.25, 0.3) is 0 Å². The number of hydrogen-bond acceptors (Lipinski definition) is 6. The van der Waals surface area contributed by atoms with Gasteiger partial charge in [-0.05, 0) is 84.1 Å². The first-order valence-electron chi connectivity index (χ1n) is 18.2. The summed E-state index contributed by atoms with van der Waals surface area (Å²) in [5, 5.41) is 17.2. The molecule has 0 radical (unpaired) electrons. The number of aryl methyl sites for hydroxylation is 1. The lowest BCUT2D eigenvalue weighted by Gasteiger charge is -2.56. The number of amides is 2. The van der Waals surface area contributed by atoms with E-state index in [2.05, 4.69) is 71.1 Å². The molecule has 3 N–H and O–H groups in total. The number of aromatic nitrogens is 2. The molecular formula is C41H48N4O4S. The van der Waals surface area contributed by atoms with Crippen LogP contribution in [-0.2, 0) is 29.7 Å². The minimum absolute atomic E-state index is 0.00689. The maximum absolute atomic E-state index is 13.2. The number of thioether (sulfide) groups is 1. The predicted molar refractivity (Wildman–Crippen MR) is 195 cm³/mol. The van der Waals surface area contributed by atoms with Crippen LogP contribution in [0.1, 0.15) is 80.1 Å². The van der Waals surface area contributed by atoms with Crippen molar-refractivity contribution in [2.75, 3.05) is 5.75 Å².